The number of carbonyl (C=O) groups is 1. The Bertz CT molecular complexity index is 1120. The topological polar surface area (TPSA) is 106 Å². The molecule has 4 rings (SSSR count). The van der Waals surface area contributed by atoms with Crippen molar-refractivity contribution in [2.75, 3.05) is 12.4 Å². The zero-order valence-corrected chi connectivity index (χ0v) is 14.7. The Labute approximate surface area is 154 Å². The van der Waals surface area contributed by atoms with Crippen LogP contribution in [0.3, 0.4) is 0 Å². The number of hydrogen-bond acceptors (Lipinski definition) is 6. The summed E-state index contributed by atoms with van der Waals surface area (Å²) >= 11 is 0. The predicted molar refractivity (Wildman–Crippen MR) is 101 cm³/mol. The summed E-state index contributed by atoms with van der Waals surface area (Å²) < 4.78 is 5.09. The molecule has 0 spiro atoms. The highest BCUT2D eigenvalue weighted by Crippen LogP contribution is 2.23. The highest BCUT2D eigenvalue weighted by molar-refractivity contribution is 6.11. The van der Waals surface area contributed by atoms with E-state index in [0.29, 0.717) is 34.1 Å². The van der Waals surface area contributed by atoms with E-state index >= 15 is 0 Å². The van der Waals surface area contributed by atoms with Gasteiger partial charge in [-0.25, -0.2) is 15.0 Å². The van der Waals surface area contributed by atoms with Gasteiger partial charge in [-0.05, 0) is 30.7 Å². The quantitative estimate of drug-likeness (QED) is 0.579. The van der Waals surface area contributed by atoms with Gasteiger partial charge in [-0.2, -0.15) is 0 Å². The fourth-order valence-corrected chi connectivity index (χ4v) is 2.70. The van der Waals surface area contributed by atoms with Crippen molar-refractivity contribution in [2.24, 2.45) is 0 Å². The van der Waals surface area contributed by atoms with Crippen LogP contribution in [0.25, 0.3) is 22.6 Å². The van der Waals surface area contributed by atoms with E-state index in [1.54, 1.807) is 44.0 Å². The molecule has 0 saturated heterocycles. The maximum Gasteiger partial charge on any atom is 0.258 e. The number of fused-ring (bicyclic) bond motifs is 1. The molecule has 0 aliphatic heterocycles. The van der Waals surface area contributed by atoms with Crippen molar-refractivity contribution in [3.63, 3.8) is 0 Å². The average Bonchev–Trinajstić information content (AvgIpc) is 3.14. The molecule has 0 aliphatic rings. The van der Waals surface area contributed by atoms with Crippen molar-refractivity contribution in [2.45, 2.75) is 6.92 Å². The van der Waals surface area contributed by atoms with Crippen LogP contribution in [0, 0.1) is 6.92 Å². The van der Waals surface area contributed by atoms with Crippen molar-refractivity contribution in [1.82, 2.24) is 24.9 Å². The van der Waals surface area contributed by atoms with Gasteiger partial charge in [-0.3, -0.25) is 9.78 Å². The van der Waals surface area contributed by atoms with Crippen molar-refractivity contribution in [1.29, 1.82) is 0 Å². The number of aryl methyl sites for hydroxylation is 1. The molecule has 0 aromatic carbocycles. The first kappa shape index (κ1) is 16.6. The summed E-state index contributed by atoms with van der Waals surface area (Å²) in [6, 6.07) is 7.11. The smallest absolute Gasteiger partial charge is 0.258 e. The summed E-state index contributed by atoms with van der Waals surface area (Å²) in [5.74, 6) is 0.818. The van der Waals surface area contributed by atoms with Crippen LogP contribution in [0.1, 0.15) is 15.9 Å². The number of carbonyl (C=O) groups excluding carboxylic acids is 1. The van der Waals surface area contributed by atoms with Gasteiger partial charge in [0.15, 0.2) is 5.65 Å². The van der Waals surface area contributed by atoms with Gasteiger partial charge in [-0.1, -0.05) is 0 Å². The van der Waals surface area contributed by atoms with Crippen LogP contribution in [-0.2, 0) is 0 Å². The number of methoxy groups -OCH3 is 1. The molecule has 0 aliphatic carbocycles. The molecule has 4 heterocycles. The maximum atomic E-state index is 12.8. The van der Waals surface area contributed by atoms with E-state index in [0.717, 1.165) is 11.1 Å². The molecule has 0 unspecified atom stereocenters. The molecule has 0 saturated carbocycles. The summed E-state index contributed by atoms with van der Waals surface area (Å²) in [4.78, 5) is 32.9. The van der Waals surface area contributed by atoms with E-state index in [9.17, 15) is 4.79 Å². The molecule has 0 bridgehead atoms. The number of ether oxygens (including phenoxy) is 1. The lowest BCUT2D eigenvalue weighted by Gasteiger charge is -2.09. The summed E-state index contributed by atoms with van der Waals surface area (Å²) in [5, 5.41) is 2.87. The number of H-pyrrole nitrogens is 1. The first-order valence-electron chi connectivity index (χ1n) is 8.23. The Hall–Kier alpha value is -3.81. The highest BCUT2D eigenvalue weighted by Gasteiger charge is 2.16. The monoisotopic (exact) mass is 360 g/mol. The molecule has 1 amide bonds. The Morgan fingerprint density at radius 3 is 2.81 bits per heavy atom. The standard InChI is InChI=1S/C19H16N6O2/c1-11-8-15(27-2)22-10-14(11)23-19(26)13-5-7-21-18-16(13)24-17(25-18)12-4-3-6-20-9-12/h3-10H,1-2H3,(H,23,26)(H,21,24,25). The molecule has 0 fully saturated rings. The van der Waals surface area contributed by atoms with E-state index in [4.69, 9.17) is 4.74 Å². The van der Waals surface area contributed by atoms with Crippen LogP contribution in [0.4, 0.5) is 5.69 Å². The summed E-state index contributed by atoms with van der Waals surface area (Å²) in [7, 11) is 1.55. The van der Waals surface area contributed by atoms with Crippen LogP contribution in [0.15, 0.2) is 49.1 Å². The summed E-state index contributed by atoms with van der Waals surface area (Å²) in [5.41, 5.74) is 3.74. The molecule has 134 valence electrons. The number of imidazole rings is 1. The number of nitrogens with zero attached hydrogens (tertiary/aromatic N) is 4. The molecule has 27 heavy (non-hydrogen) atoms. The van der Waals surface area contributed by atoms with Crippen LogP contribution in [0.5, 0.6) is 5.88 Å². The number of amides is 1. The third kappa shape index (κ3) is 3.20. The number of pyridine rings is 3. The Morgan fingerprint density at radius 2 is 2.07 bits per heavy atom. The zero-order valence-electron chi connectivity index (χ0n) is 14.7. The van der Waals surface area contributed by atoms with Gasteiger partial charge in [0, 0.05) is 30.2 Å². The van der Waals surface area contributed by atoms with Crippen LogP contribution >= 0.6 is 0 Å². The van der Waals surface area contributed by atoms with Crippen molar-refractivity contribution >= 4 is 22.8 Å². The van der Waals surface area contributed by atoms with Gasteiger partial charge in [0.05, 0.1) is 30.1 Å². The molecule has 8 nitrogen and oxygen atoms in total. The van der Waals surface area contributed by atoms with E-state index in [1.807, 2.05) is 19.1 Å². The van der Waals surface area contributed by atoms with Crippen molar-refractivity contribution in [3.05, 3.63) is 60.2 Å². The largest absolute Gasteiger partial charge is 0.481 e. The van der Waals surface area contributed by atoms with Crippen LogP contribution < -0.4 is 10.1 Å². The normalized spacial score (nSPS) is 10.7. The van der Waals surface area contributed by atoms with E-state index in [1.165, 1.54) is 0 Å². The summed E-state index contributed by atoms with van der Waals surface area (Å²) in [6.07, 6.45) is 6.51. The van der Waals surface area contributed by atoms with Crippen molar-refractivity contribution in [3.8, 4) is 17.3 Å². The molecule has 4 aromatic heterocycles. The Kier molecular flexibility index (Phi) is 4.21. The summed E-state index contributed by atoms with van der Waals surface area (Å²) in [6.45, 7) is 1.87. The molecule has 8 heteroatoms. The number of hydrogen-bond donors (Lipinski definition) is 2. The SMILES string of the molecule is COc1cc(C)c(NC(=O)c2ccnc3nc(-c4cccnc4)[nH]c23)cn1. The molecular weight excluding hydrogens is 344 g/mol. The molecule has 4 aromatic rings. The average molecular weight is 360 g/mol. The minimum absolute atomic E-state index is 0.279. The van der Waals surface area contributed by atoms with Gasteiger partial charge in [0.25, 0.3) is 5.91 Å². The fraction of sp³-hybridized carbons (Fsp3) is 0.105. The van der Waals surface area contributed by atoms with Gasteiger partial charge in [0.2, 0.25) is 5.88 Å². The lowest BCUT2D eigenvalue weighted by molar-refractivity contribution is 0.102. The fourth-order valence-electron chi connectivity index (χ4n) is 2.70. The second kappa shape index (κ2) is 6.83. The molecule has 0 radical (unpaired) electrons. The number of aromatic nitrogens is 5. The number of rotatable bonds is 4. The lowest BCUT2D eigenvalue weighted by Crippen LogP contribution is -2.14. The number of anilines is 1. The molecule has 0 atom stereocenters. The van der Waals surface area contributed by atoms with Gasteiger partial charge in [-0.15, -0.1) is 0 Å². The third-order valence-electron chi connectivity index (χ3n) is 4.11. The van der Waals surface area contributed by atoms with Crippen LogP contribution in [-0.4, -0.2) is 37.9 Å². The van der Waals surface area contributed by atoms with Crippen molar-refractivity contribution < 1.29 is 9.53 Å². The Morgan fingerprint density at radius 1 is 1.19 bits per heavy atom. The second-order valence-electron chi connectivity index (χ2n) is 5.88. The number of nitrogens with one attached hydrogen (secondary N) is 2. The predicted octanol–water partition coefficient (Wildman–Crippen LogP) is 2.98. The molecular formula is C19H16N6O2. The zero-order chi connectivity index (χ0) is 18.8. The maximum absolute atomic E-state index is 12.8. The van der Waals surface area contributed by atoms with E-state index < -0.39 is 0 Å². The Balaban J connectivity index is 1.69. The van der Waals surface area contributed by atoms with E-state index in [2.05, 4.69) is 30.2 Å². The van der Waals surface area contributed by atoms with E-state index in [-0.39, 0.29) is 5.91 Å². The lowest BCUT2D eigenvalue weighted by atomic mass is 10.2. The first-order chi connectivity index (χ1) is 13.2. The van der Waals surface area contributed by atoms with Gasteiger partial charge >= 0.3 is 0 Å². The first-order valence-corrected chi connectivity index (χ1v) is 8.23. The minimum atomic E-state index is -0.279. The molecule has 2 N–H and O–H groups in total. The second-order valence-corrected chi connectivity index (χ2v) is 5.88. The highest BCUT2D eigenvalue weighted by atomic mass is 16.5. The number of aromatic amines is 1. The van der Waals surface area contributed by atoms with Gasteiger partial charge in [0.1, 0.15) is 5.82 Å². The minimum Gasteiger partial charge on any atom is -0.481 e. The third-order valence-corrected chi connectivity index (χ3v) is 4.11. The van der Waals surface area contributed by atoms with Gasteiger partial charge < -0.3 is 15.0 Å². The van der Waals surface area contributed by atoms with Crippen LogP contribution in [0.2, 0.25) is 0 Å².